The second-order valence-electron chi connectivity index (χ2n) is 8.66. The van der Waals surface area contributed by atoms with Gasteiger partial charge in [-0.25, -0.2) is 0 Å². The van der Waals surface area contributed by atoms with Gasteiger partial charge in [0.1, 0.15) is 10.8 Å². The van der Waals surface area contributed by atoms with Gasteiger partial charge in [0.05, 0.1) is 12.7 Å². The topological polar surface area (TPSA) is 83.0 Å². The number of amides is 1. The minimum absolute atomic E-state index is 0.0921. The molecule has 0 bridgehead atoms. The number of hydrogen-bond donors (Lipinski definition) is 1. The first kappa shape index (κ1) is 21.7. The summed E-state index contributed by atoms with van der Waals surface area (Å²) in [5.41, 5.74) is 4.13. The number of methoxy groups -OCH3 is 1. The van der Waals surface area contributed by atoms with E-state index >= 15 is 0 Å². The molecule has 2 aliphatic heterocycles. The molecule has 1 aliphatic carbocycles. The number of amidine groups is 2. The van der Waals surface area contributed by atoms with Gasteiger partial charge < -0.3 is 9.30 Å². The van der Waals surface area contributed by atoms with E-state index in [-0.39, 0.29) is 17.3 Å². The molecule has 0 unspecified atom stereocenters. The van der Waals surface area contributed by atoms with Gasteiger partial charge in [-0.05, 0) is 68.3 Å². The van der Waals surface area contributed by atoms with Crippen LogP contribution in [0.4, 0.5) is 0 Å². The molecule has 1 N–H and O–H groups in total. The zero-order chi connectivity index (χ0) is 23.1. The number of rotatable bonds is 4. The Morgan fingerprint density at radius 1 is 1.18 bits per heavy atom. The lowest BCUT2D eigenvalue weighted by Crippen LogP contribution is -2.35. The number of hydrazone groups is 1. The van der Waals surface area contributed by atoms with Crippen molar-refractivity contribution in [3.05, 3.63) is 52.9 Å². The van der Waals surface area contributed by atoms with Crippen molar-refractivity contribution in [1.29, 1.82) is 5.41 Å². The van der Waals surface area contributed by atoms with Crippen LogP contribution in [0.1, 0.15) is 49.1 Å². The lowest BCUT2D eigenvalue weighted by atomic mass is 9.90. The van der Waals surface area contributed by atoms with Gasteiger partial charge in [-0.1, -0.05) is 25.3 Å². The van der Waals surface area contributed by atoms with E-state index in [1.807, 2.05) is 44.2 Å². The number of nitrogens with zero attached hydrogens (tertiary/aromatic N) is 4. The Bertz CT molecular complexity index is 1230. The molecule has 1 aromatic heterocycles. The third-order valence-electron chi connectivity index (χ3n) is 6.51. The largest absolute Gasteiger partial charge is 0.497 e. The Kier molecular flexibility index (Phi) is 5.70. The maximum atomic E-state index is 12.9. The number of nitrogens with one attached hydrogen (secondary N) is 1. The molecule has 33 heavy (non-hydrogen) atoms. The van der Waals surface area contributed by atoms with Crippen molar-refractivity contribution in [2.45, 2.75) is 46.0 Å². The molecule has 0 radical (unpaired) electrons. The van der Waals surface area contributed by atoms with E-state index in [2.05, 4.69) is 9.56 Å². The molecule has 0 atom stereocenters. The Labute approximate surface area is 197 Å². The van der Waals surface area contributed by atoms with E-state index in [9.17, 15) is 4.79 Å². The maximum absolute atomic E-state index is 12.9. The zero-order valence-corrected chi connectivity index (χ0v) is 19.9. The highest BCUT2D eigenvalue weighted by atomic mass is 32.2. The van der Waals surface area contributed by atoms with E-state index < -0.39 is 0 Å². The fourth-order valence-electron chi connectivity index (χ4n) is 4.76. The van der Waals surface area contributed by atoms with Gasteiger partial charge in [0.25, 0.3) is 5.91 Å². The van der Waals surface area contributed by atoms with E-state index in [0.717, 1.165) is 46.3 Å². The number of aryl methyl sites for hydroxylation is 1. The van der Waals surface area contributed by atoms with Crippen LogP contribution in [0.5, 0.6) is 5.75 Å². The molecule has 8 heteroatoms. The number of aliphatic imine (C=N–C) groups is 1. The van der Waals surface area contributed by atoms with Gasteiger partial charge in [0, 0.05) is 29.1 Å². The normalized spacial score (nSPS) is 20.2. The summed E-state index contributed by atoms with van der Waals surface area (Å²) in [6, 6.07) is 9.89. The molecule has 3 heterocycles. The number of hydrogen-bond acceptors (Lipinski definition) is 5. The summed E-state index contributed by atoms with van der Waals surface area (Å²) in [6.45, 7) is 4.03. The third-order valence-corrected chi connectivity index (χ3v) is 7.58. The summed E-state index contributed by atoms with van der Waals surface area (Å²) in [6.07, 6.45) is 7.69. The number of carbonyl (C=O) groups is 1. The Morgan fingerprint density at radius 3 is 2.73 bits per heavy atom. The second kappa shape index (κ2) is 8.67. The molecule has 5 rings (SSSR count). The monoisotopic (exact) mass is 461 g/mol. The van der Waals surface area contributed by atoms with Crippen LogP contribution in [0.15, 0.2) is 46.0 Å². The average molecular weight is 462 g/mol. The van der Waals surface area contributed by atoms with Crippen LogP contribution in [0.2, 0.25) is 0 Å². The number of benzene rings is 1. The van der Waals surface area contributed by atoms with Crippen LogP contribution in [0.3, 0.4) is 0 Å². The van der Waals surface area contributed by atoms with Crippen molar-refractivity contribution in [2.75, 3.05) is 7.11 Å². The smallest absolute Gasteiger partial charge is 0.283 e. The Balaban J connectivity index is 1.47. The number of fused-ring (bicyclic) bond motifs is 1. The van der Waals surface area contributed by atoms with E-state index in [0.29, 0.717) is 11.1 Å². The molecular weight excluding hydrogens is 434 g/mol. The van der Waals surface area contributed by atoms with Gasteiger partial charge >= 0.3 is 0 Å². The van der Waals surface area contributed by atoms with E-state index in [4.69, 9.17) is 15.2 Å². The first-order valence-corrected chi connectivity index (χ1v) is 12.1. The molecule has 7 nitrogen and oxygen atoms in total. The van der Waals surface area contributed by atoms with Crippen molar-refractivity contribution in [1.82, 2.24) is 9.58 Å². The third kappa shape index (κ3) is 3.93. The lowest BCUT2D eigenvalue weighted by molar-refractivity contribution is -0.114. The predicted molar refractivity (Wildman–Crippen MR) is 133 cm³/mol. The van der Waals surface area contributed by atoms with Crippen LogP contribution >= 0.6 is 11.8 Å². The van der Waals surface area contributed by atoms with Crippen molar-refractivity contribution in [3.63, 3.8) is 0 Å². The number of ether oxygens (including phenoxy) is 1. The first-order valence-electron chi connectivity index (χ1n) is 11.3. The van der Waals surface area contributed by atoms with Crippen LogP contribution < -0.4 is 4.74 Å². The molecule has 1 amide bonds. The quantitative estimate of drug-likeness (QED) is 0.626. The molecule has 2 aromatic rings. The molecule has 0 saturated heterocycles. The molecule has 1 saturated carbocycles. The van der Waals surface area contributed by atoms with Crippen molar-refractivity contribution in [3.8, 4) is 11.4 Å². The summed E-state index contributed by atoms with van der Waals surface area (Å²) in [5, 5.41) is 16.4. The van der Waals surface area contributed by atoms with Crippen LogP contribution in [0.25, 0.3) is 11.8 Å². The zero-order valence-electron chi connectivity index (χ0n) is 19.1. The van der Waals surface area contributed by atoms with Crippen molar-refractivity contribution in [2.24, 2.45) is 16.0 Å². The molecule has 0 spiro atoms. The molecular formula is C25H27N5O2S. The molecule has 3 aliphatic rings. The Hall–Kier alpha value is -3.13. The van der Waals surface area contributed by atoms with Crippen molar-refractivity contribution >= 4 is 39.8 Å². The highest BCUT2D eigenvalue weighted by molar-refractivity contribution is 8.27. The van der Waals surface area contributed by atoms with E-state index in [1.54, 1.807) is 13.2 Å². The summed E-state index contributed by atoms with van der Waals surface area (Å²) in [5.74, 6) is 0.901. The van der Waals surface area contributed by atoms with E-state index in [1.165, 1.54) is 36.0 Å². The standard InChI is InChI=1S/C25H27N5O2S/c1-15-12-18(16(2)29(15)19-10-7-11-20(14-19)32-3)13-21-22(26)30-25(27-23(21)31)33-24(28-30)17-8-5-4-6-9-17/h7,10-14,17,26H,4-6,8-9H2,1-3H3. The van der Waals surface area contributed by atoms with Crippen LogP contribution in [-0.2, 0) is 4.79 Å². The van der Waals surface area contributed by atoms with Crippen LogP contribution in [-0.4, -0.2) is 38.6 Å². The predicted octanol–water partition coefficient (Wildman–Crippen LogP) is 5.30. The molecule has 1 aromatic carbocycles. The number of carbonyl (C=O) groups excluding carboxylic acids is 1. The second-order valence-corrected chi connectivity index (χ2v) is 9.64. The summed E-state index contributed by atoms with van der Waals surface area (Å²) in [4.78, 5) is 17.2. The first-order chi connectivity index (χ1) is 16.0. The fraction of sp³-hybridized carbons (Fsp3) is 0.360. The van der Waals surface area contributed by atoms with Crippen LogP contribution in [0, 0.1) is 25.2 Å². The summed E-state index contributed by atoms with van der Waals surface area (Å²) >= 11 is 1.45. The fourth-order valence-corrected chi connectivity index (χ4v) is 5.82. The van der Waals surface area contributed by atoms with Gasteiger partial charge in [-0.2, -0.15) is 15.1 Å². The van der Waals surface area contributed by atoms with Gasteiger partial charge in [-0.3, -0.25) is 10.2 Å². The Morgan fingerprint density at radius 2 is 1.97 bits per heavy atom. The SMILES string of the molecule is COc1cccc(-n2c(C)cc(C=C3C(=N)N4N=C(C5CCCCC5)SC4=NC3=O)c2C)c1. The highest BCUT2D eigenvalue weighted by Crippen LogP contribution is 2.36. The maximum Gasteiger partial charge on any atom is 0.283 e. The molecule has 1 fully saturated rings. The summed E-state index contributed by atoms with van der Waals surface area (Å²) < 4.78 is 7.49. The highest BCUT2D eigenvalue weighted by Gasteiger charge is 2.38. The van der Waals surface area contributed by atoms with Gasteiger partial charge in [0.15, 0.2) is 5.84 Å². The van der Waals surface area contributed by atoms with Crippen molar-refractivity contribution < 1.29 is 9.53 Å². The molecule has 170 valence electrons. The van der Waals surface area contributed by atoms with Gasteiger partial charge in [0.2, 0.25) is 5.17 Å². The minimum Gasteiger partial charge on any atom is -0.497 e. The lowest BCUT2D eigenvalue weighted by Gasteiger charge is -2.20. The number of aromatic nitrogens is 1. The summed E-state index contributed by atoms with van der Waals surface area (Å²) in [7, 11) is 1.65. The van der Waals surface area contributed by atoms with Gasteiger partial charge in [-0.15, -0.1) is 0 Å². The minimum atomic E-state index is -0.384. The average Bonchev–Trinajstić information content (AvgIpc) is 3.37. The number of thioether (sulfide) groups is 1.